The highest BCUT2D eigenvalue weighted by atomic mass is 79.9. The van der Waals surface area contributed by atoms with Crippen molar-refractivity contribution in [3.8, 4) is 5.75 Å². The summed E-state index contributed by atoms with van der Waals surface area (Å²) in [7, 11) is -0.285. The van der Waals surface area contributed by atoms with Gasteiger partial charge in [-0.2, -0.15) is 0 Å². The minimum atomic E-state index is -0.406. The van der Waals surface area contributed by atoms with Gasteiger partial charge >= 0.3 is 12.8 Å². The minimum Gasteiger partial charge on any atom is -0.483 e. The molecule has 0 radical (unpaired) electrons. The summed E-state index contributed by atoms with van der Waals surface area (Å²) < 4.78 is 18.2. The summed E-state index contributed by atoms with van der Waals surface area (Å²) in [6.45, 7) is 12.0. The molecule has 1 aliphatic carbocycles. The number of nitro groups is 1. The molecule has 7 nitrogen and oxygen atoms in total. The van der Waals surface area contributed by atoms with Crippen LogP contribution in [0.5, 0.6) is 5.75 Å². The van der Waals surface area contributed by atoms with Gasteiger partial charge in [0.1, 0.15) is 0 Å². The molecular weight excluding hydrogens is 463 g/mol. The van der Waals surface area contributed by atoms with Crippen LogP contribution < -0.4 is 10.2 Å². The number of rotatable bonds is 4. The second-order valence-electron chi connectivity index (χ2n) is 8.96. The van der Waals surface area contributed by atoms with Crippen LogP contribution in [0.25, 0.3) is 0 Å². The van der Waals surface area contributed by atoms with Crippen molar-refractivity contribution < 1.29 is 19.0 Å². The molecule has 4 rings (SSSR count). The Bertz CT molecular complexity index is 962. The highest BCUT2D eigenvalue weighted by molar-refractivity contribution is 9.10. The van der Waals surface area contributed by atoms with E-state index in [1.165, 1.54) is 6.07 Å². The number of aromatic nitrogens is 1. The molecule has 166 valence electrons. The van der Waals surface area contributed by atoms with E-state index in [4.69, 9.17) is 14.0 Å². The summed E-state index contributed by atoms with van der Waals surface area (Å²) in [6.07, 6.45) is 3.93. The van der Waals surface area contributed by atoms with Crippen LogP contribution in [0.2, 0.25) is 0 Å². The molecule has 0 spiro atoms. The fraction of sp³-hybridized carbons (Fsp3) is 0.500. The maximum absolute atomic E-state index is 10.8. The number of nitrogens with zero attached hydrogens (tertiary/aromatic N) is 2. The van der Waals surface area contributed by atoms with Crippen molar-refractivity contribution in [2.24, 2.45) is 0 Å². The zero-order valence-corrected chi connectivity index (χ0v) is 20.4. The molecule has 0 amide bonds. The highest BCUT2D eigenvalue weighted by Gasteiger charge is 2.51. The van der Waals surface area contributed by atoms with Crippen LogP contribution in [-0.4, -0.2) is 34.3 Å². The van der Waals surface area contributed by atoms with Crippen LogP contribution in [0.4, 0.5) is 5.69 Å². The normalized spacial score (nSPS) is 18.9. The molecule has 1 saturated heterocycles. The molecule has 2 aromatic rings. The molecule has 9 heteroatoms. The Balaban J connectivity index is 0.000000176. The number of ether oxygens (including phenoxy) is 1. The van der Waals surface area contributed by atoms with Gasteiger partial charge < -0.3 is 14.0 Å². The Hall–Kier alpha value is -1.97. The predicted molar refractivity (Wildman–Crippen MR) is 124 cm³/mol. The van der Waals surface area contributed by atoms with Gasteiger partial charge in [-0.1, -0.05) is 15.9 Å². The largest absolute Gasteiger partial charge is 0.494 e. The third kappa shape index (κ3) is 5.64. The smallest absolute Gasteiger partial charge is 0.483 e. The average Bonchev–Trinajstić information content (AvgIpc) is 3.44. The van der Waals surface area contributed by atoms with Crippen LogP contribution >= 0.6 is 15.9 Å². The van der Waals surface area contributed by atoms with Gasteiger partial charge in [-0.05, 0) is 77.5 Å². The van der Waals surface area contributed by atoms with E-state index in [1.54, 1.807) is 12.3 Å². The van der Waals surface area contributed by atoms with Gasteiger partial charge in [0.15, 0.2) is 5.75 Å². The fourth-order valence-electron chi connectivity index (χ4n) is 2.94. The summed E-state index contributed by atoms with van der Waals surface area (Å²) in [6, 6.07) is 7.14. The lowest BCUT2D eigenvalue weighted by Crippen LogP contribution is -2.41. The third-order valence-corrected chi connectivity index (χ3v) is 6.56. The predicted octanol–water partition coefficient (Wildman–Crippen LogP) is 4.90. The molecule has 0 atom stereocenters. The Kier molecular flexibility index (Phi) is 6.79. The second-order valence-corrected chi connectivity index (χ2v) is 9.82. The molecular formula is C22H28BBrN2O5. The number of hydrogen-bond acceptors (Lipinski definition) is 6. The van der Waals surface area contributed by atoms with E-state index in [0.717, 1.165) is 34.0 Å². The summed E-state index contributed by atoms with van der Waals surface area (Å²) >= 11 is 3.34. The number of benzene rings is 1. The first-order chi connectivity index (χ1) is 14.4. The Morgan fingerprint density at radius 1 is 1.16 bits per heavy atom. The molecule has 1 aromatic carbocycles. The van der Waals surface area contributed by atoms with E-state index in [0.29, 0.717) is 5.75 Å². The van der Waals surface area contributed by atoms with Crippen molar-refractivity contribution in [3.63, 3.8) is 0 Å². The Morgan fingerprint density at radius 2 is 1.77 bits per heavy atom. The standard InChI is InChI=1S/C12H18BNO2.C10H10BrNO3/c1-9-8-10(6-7-14-9)13-15-11(2,3)12(4,5)16-13;1-6-4-9(12(13)14)10(5-8(6)11)15-7-2-3-7/h6-8H,1-5H3;4-5,7H,2-3H2,1H3. The Morgan fingerprint density at radius 3 is 2.29 bits per heavy atom. The zero-order valence-electron chi connectivity index (χ0n) is 18.8. The lowest BCUT2D eigenvalue weighted by molar-refractivity contribution is -0.386. The monoisotopic (exact) mass is 490 g/mol. The van der Waals surface area contributed by atoms with E-state index < -0.39 is 4.92 Å². The van der Waals surface area contributed by atoms with Gasteiger partial charge in [-0.3, -0.25) is 15.1 Å². The van der Waals surface area contributed by atoms with Crippen LogP contribution in [0.15, 0.2) is 34.9 Å². The van der Waals surface area contributed by atoms with Gasteiger partial charge in [-0.15, -0.1) is 0 Å². The van der Waals surface area contributed by atoms with Gasteiger partial charge in [0.05, 0.1) is 22.2 Å². The van der Waals surface area contributed by atoms with Gasteiger partial charge in [0, 0.05) is 28.5 Å². The quantitative estimate of drug-likeness (QED) is 0.344. The zero-order chi connectivity index (χ0) is 23.0. The van der Waals surface area contributed by atoms with E-state index in [9.17, 15) is 10.1 Å². The minimum absolute atomic E-state index is 0.0441. The summed E-state index contributed by atoms with van der Waals surface area (Å²) in [5, 5.41) is 10.8. The lowest BCUT2D eigenvalue weighted by Gasteiger charge is -2.32. The van der Waals surface area contributed by atoms with E-state index in [-0.39, 0.29) is 30.1 Å². The van der Waals surface area contributed by atoms with E-state index in [2.05, 4.69) is 48.6 Å². The molecule has 31 heavy (non-hydrogen) atoms. The number of aryl methyl sites for hydroxylation is 2. The molecule has 0 unspecified atom stereocenters. The van der Waals surface area contributed by atoms with Crippen LogP contribution in [0, 0.1) is 24.0 Å². The lowest BCUT2D eigenvalue weighted by atomic mass is 9.79. The molecule has 1 aromatic heterocycles. The summed E-state index contributed by atoms with van der Waals surface area (Å²) in [5.74, 6) is 0.361. The van der Waals surface area contributed by atoms with Gasteiger partial charge in [0.25, 0.3) is 0 Å². The van der Waals surface area contributed by atoms with Crippen molar-refractivity contribution in [2.45, 2.75) is 71.7 Å². The van der Waals surface area contributed by atoms with E-state index >= 15 is 0 Å². The first kappa shape index (κ1) is 23.7. The molecule has 2 aliphatic rings. The van der Waals surface area contributed by atoms with Crippen LogP contribution in [-0.2, 0) is 9.31 Å². The van der Waals surface area contributed by atoms with Crippen molar-refractivity contribution in [1.82, 2.24) is 4.98 Å². The third-order valence-electron chi connectivity index (χ3n) is 5.70. The molecule has 1 aliphatic heterocycles. The number of pyridine rings is 1. The first-order valence-corrected chi connectivity index (χ1v) is 11.1. The molecule has 1 saturated carbocycles. The average molecular weight is 491 g/mol. The van der Waals surface area contributed by atoms with Gasteiger partial charge in [-0.25, -0.2) is 0 Å². The molecule has 2 fully saturated rings. The summed E-state index contributed by atoms with van der Waals surface area (Å²) in [4.78, 5) is 14.6. The molecule has 2 heterocycles. The van der Waals surface area contributed by atoms with Crippen molar-refractivity contribution >= 4 is 34.2 Å². The summed E-state index contributed by atoms with van der Waals surface area (Å²) in [5.41, 5.74) is 2.33. The van der Waals surface area contributed by atoms with Crippen LogP contribution in [0.3, 0.4) is 0 Å². The number of halogens is 1. The molecule has 0 N–H and O–H groups in total. The van der Waals surface area contributed by atoms with Gasteiger partial charge in [0.2, 0.25) is 0 Å². The fourth-order valence-corrected chi connectivity index (χ4v) is 3.27. The van der Waals surface area contributed by atoms with Crippen molar-refractivity contribution in [1.29, 1.82) is 0 Å². The SMILES string of the molecule is Cc1cc(B2OC(C)(C)C(C)(C)O2)ccn1.Cc1cc([N+](=O)[O-])c(OC2CC2)cc1Br. The maximum atomic E-state index is 10.8. The van der Waals surface area contributed by atoms with Crippen LogP contribution in [0.1, 0.15) is 51.8 Å². The molecule has 0 bridgehead atoms. The number of nitro benzene ring substituents is 1. The topological polar surface area (TPSA) is 83.7 Å². The number of hydrogen-bond donors (Lipinski definition) is 0. The van der Waals surface area contributed by atoms with E-state index in [1.807, 2.05) is 26.0 Å². The second kappa shape index (κ2) is 8.88. The van der Waals surface area contributed by atoms with Crippen molar-refractivity contribution in [3.05, 3.63) is 56.3 Å². The van der Waals surface area contributed by atoms with Crippen molar-refractivity contribution in [2.75, 3.05) is 0 Å². The Labute approximate surface area is 191 Å². The highest BCUT2D eigenvalue weighted by Crippen LogP contribution is 2.37. The maximum Gasteiger partial charge on any atom is 0.494 e. The first-order valence-electron chi connectivity index (χ1n) is 10.3.